The number of nitrogens with zero attached hydrogens (tertiary/aromatic N) is 3. The highest BCUT2D eigenvalue weighted by atomic mass is 16.5. The maximum atomic E-state index is 6.20. The number of rotatable bonds is 11. The molecule has 6 heteroatoms. The van der Waals surface area contributed by atoms with E-state index in [2.05, 4.69) is 70.8 Å². The summed E-state index contributed by atoms with van der Waals surface area (Å²) >= 11 is 0. The van der Waals surface area contributed by atoms with Crippen LogP contribution >= 0.6 is 0 Å². The van der Waals surface area contributed by atoms with Gasteiger partial charge < -0.3 is 18.8 Å². The van der Waals surface area contributed by atoms with Crippen LogP contribution in [0.25, 0.3) is 0 Å². The minimum atomic E-state index is -0.221. The Morgan fingerprint density at radius 2 is 1.74 bits per heavy atom. The number of ether oxygens (including phenoxy) is 3. The van der Waals surface area contributed by atoms with Gasteiger partial charge in [-0.05, 0) is 69.4 Å². The molecule has 0 amide bonds. The zero-order valence-corrected chi connectivity index (χ0v) is 21.6. The van der Waals surface area contributed by atoms with Crippen molar-refractivity contribution in [1.82, 2.24) is 14.5 Å². The van der Waals surface area contributed by atoms with Crippen LogP contribution in [0.5, 0.6) is 11.5 Å². The largest absolute Gasteiger partial charge is 0.494 e. The number of imidazole rings is 1. The number of aryl methyl sites for hydroxylation is 4. The minimum Gasteiger partial charge on any atom is -0.494 e. The molecule has 2 aromatic carbocycles. The standard InChI is InChI=1S/C29H39N3O3/c1-23-6-11-28(24(2)20-23)35-22-29(33-4)12-16-31(17-13-29)21-26-7-9-27(10-8-26)34-19-5-15-32-18-14-30-25(32)3/h6-11,14,18,20H,5,12-13,15-17,19,21-22H2,1-4H3. The molecule has 0 unspecified atom stereocenters. The molecule has 0 N–H and O–H groups in total. The van der Waals surface area contributed by atoms with Crippen LogP contribution in [0, 0.1) is 20.8 Å². The van der Waals surface area contributed by atoms with E-state index in [9.17, 15) is 0 Å². The Bertz CT molecular complexity index is 1070. The van der Waals surface area contributed by atoms with Crippen LogP contribution in [-0.4, -0.2) is 53.5 Å². The van der Waals surface area contributed by atoms with E-state index in [1.165, 1.54) is 16.7 Å². The molecule has 1 aliphatic heterocycles. The molecule has 0 aliphatic carbocycles. The molecule has 3 aromatic rings. The van der Waals surface area contributed by atoms with E-state index in [-0.39, 0.29) is 5.60 Å². The summed E-state index contributed by atoms with van der Waals surface area (Å²) in [5.74, 6) is 2.92. The van der Waals surface area contributed by atoms with Gasteiger partial charge in [-0.15, -0.1) is 0 Å². The molecule has 0 saturated carbocycles. The van der Waals surface area contributed by atoms with Crippen molar-refractivity contribution < 1.29 is 14.2 Å². The lowest BCUT2D eigenvalue weighted by molar-refractivity contribution is -0.0840. The number of likely N-dealkylation sites (tertiary alicyclic amines) is 1. The number of methoxy groups -OCH3 is 1. The fourth-order valence-electron chi connectivity index (χ4n) is 4.71. The molecule has 35 heavy (non-hydrogen) atoms. The van der Waals surface area contributed by atoms with Crippen molar-refractivity contribution in [3.8, 4) is 11.5 Å². The molecule has 188 valence electrons. The predicted molar refractivity (Wildman–Crippen MR) is 139 cm³/mol. The van der Waals surface area contributed by atoms with Crippen molar-refractivity contribution in [2.24, 2.45) is 0 Å². The number of aromatic nitrogens is 2. The quantitative estimate of drug-likeness (QED) is 0.349. The first-order valence-corrected chi connectivity index (χ1v) is 12.6. The first-order valence-electron chi connectivity index (χ1n) is 12.6. The second-order valence-corrected chi connectivity index (χ2v) is 9.73. The zero-order chi connectivity index (χ0) is 24.7. The van der Waals surface area contributed by atoms with Gasteiger partial charge in [0.05, 0.1) is 6.61 Å². The van der Waals surface area contributed by atoms with E-state index in [4.69, 9.17) is 14.2 Å². The lowest BCUT2D eigenvalue weighted by Crippen LogP contribution is -2.48. The molecule has 0 bridgehead atoms. The van der Waals surface area contributed by atoms with Crippen molar-refractivity contribution in [3.63, 3.8) is 0 Å². The minimum absolute atomic E-state index is 0.221. The molecule has 1 fully saturated rings. The van der Waals surface area contributed by atoms with Gasteiger partial charge in [0.15, 0.2) is 0 Å². The summed E-state index contributed by atoms with van der Waals surface area (Å²) in [7, 11) is 1.82. The fraction of sp³-hybridized carbons (Fsp3) is 0.483. The third-order valence-electron chi connectivity index (χ3n) is 7.09. The number of piperidine rings is 1. The van der Waals surface area contributed by atoms with E-state index in [0.29, 0.717) is 13.2 Å². The maximum absolute atomic E-state index is 6.20. The number of benzene rings is 2. The highest BCUT2D eigenvalue weighted by Crippen LogP contribution is 2.29. The van der Waals surface area contributed by atoms with Gasteiger partial charge in [-0.2, -0.15) is 0 Å². The average molecular weight is 478 g/mol. The third-order valence-corrected chi connectivity index (χ3v) is 7.09. The molecule has 0 atom stereocenters. The molecular formula is C29H39N3O3. The first kappa shape index (κ1) is 25.3. The summed E-state index contributed by atoms with van der Waals surface area (Å²) in [6, 6.07) is 14.8. The van der Waals surface area contributed by atoms with Crippen molar-refractivity contribution >= 4 is 0 Å². The Hall–Kier alpha value is -2.83. The second-order valence-electron chi connectivity index (χ2n) is 9.73. The molecule has 1 aliphatic rings. The van der Waals surface area contributed by atoms with Crippen LogP contribution in [0.2, 0.25) is 0 Å². The topological polar surface area (TPSA) is 48.8 Å². The summed E-state index contributed by atoms with van der Waals surface area (Å²) in [5.41, 5.74) is 3.52. The number of hydrogen-bond donors (Lipinski definition) is 0. The van der Waals surface area contributed by atoms with Crippen LogP contribution < -0.4 is 9.47 Å². The highest BCUT2D eigenvalue weighted by molar-refractivity contribution is 5.35. The first-order chi connectivity index (χ1) is 17.0. The van der Waals surface area contributed by atoms with Gasteiger partial charge in [-0.3, -0.25) is 4.90 Å². The van der Waals surface area contributed by atoms with E-state index in [1.54, 1.807) is 0 Å². The third kappa shape index (κ3) is 6.86. The molecule has 2 heterocycles. The predicted octanol–water partition coefficient (Wildman–Crippen LogP) is 5.34. The van der Waals surface area contributed by atoms with Gasteiger partial charge in [0.2, 0.25) is 0 Å². The van der Waals surface area contributed by atoms with Crippen molar-refractivity contribution in [3.05, 3.63) is 77.4 Å². The van der Waals surface area contributed by atoms with Crippen LogP contribution in [-0.2, 0) is 17.8 Å². The lowest BCUT2D eigenvalue weighted by Gasteiger charge is -2.40. The highest BCUT2D eigenvalue weighted by Gasteiger charge is 2.35. The number of hydrogen-bond acceptors (Lipinski definition) is 5. The Labute approximate surface area is 209 Å². The normalized spacial score (nSPS) is 15.8. The monoisotopic (exact) mass is 477 g/mol. The van der Waals surface area contributed by atoms with Crippen molar-refractivity contribution in [2.45, 2.75) is 58.7 Å². The van der Waals surface area contributed by atoms with Crippen LogP contribution in [0.15, 0.2) is 54.9 Å². The average Bonchev–Trinajstić information content (AvgIpc) is 3.28. The van der Waals surface area contributed by atoms with Crippen molar-refractivity contribution in [1.29, 1.82) is 0 Å². The Balaban J connectivity index is 1.20. The zero-order valence-electron chi connectivity index (χ0n) is 21.6. The van der Waals surface area contributed by atoms with Gasteiger partial charge in [0.1, 0.15) is 29.5 Å². The maximum Gasteiger partial charge on any atom is 0.122 e. The molecule has 0 spiro atoms. The van der Waals surface area contributed by atoms with Gasteiger partial charge >= 0.3 is 0 Å². The van der Waals surface area contributed by atoms with Crippen LogP contribution in [0.1, 0.15) is 41.8 Å². The Kier molecular flexibility index (Phi) is 8.47. The van der Waals surface area contributed by atoms with Gasteiger partial charge in [0.25, 0.3) is 0 Å². The van der Waals surface area contributed by atoms with Gasteiger partial charge in [-0.1, -0.05) is 29.8 Å². The molecule has 1 aromatic heterocycles. The SMILES string of the molecule is COC1(COc2ccc(C)cc2C)CCN(Cc2ccc(OCCCn3ccnc3C)cc2)CC1. The summed E-state index contributed by atoms with van der Waals surface area (Å²) < 4.78 is 20.3. The van der Waals surface area contributed by atoms with E-state index < -0.39 is 0 Å². The molecule has 4 rings (SSSR count). The van der Waals surface area contributed by atoms with E-state index in [0.717, 1.165) is 62.8 Å². The van der Waals surface area contributed by atoms with Gasteiger partial charge in [-0.25, -0.2) is 4.98 Å². The van der Waals surface area contributed by atoms with Crippen LogP contribution in [0.4, 0.5) is 0 Å². The van der Waals surface area contributed by atoms with Crippen LogP contribution in [0.3, 0.4) is 0 Å². The lowest BCUT2D eigenvalue weighted by atomic mass is 9.91. The van der Waals surface area contributed by atoms with Crippen molar-refractivity contribution in [2.75, 3.05) is 33.4 Å². The van der Waals surface area contributed by atoms with E-state index >= 15 is 0 Å². The Morgan fingerprint density at radius 3 is 2.40 bits per heavy atom. The second kappa shape index (κ2) is 11.7. The smallest absolute Gasteiger partial charge is 0.122 e. The summed E-state index contributed by atoms with van der Waals surface area (Å²) in [6.07, 6.45) is 6.74. The molecule has 1 saturated heterocycles. The molecular weight excluding hydrogens is 438 g/mol. The van der Waals surface area contributed by atoms with E-state index in [1.807, 2.05) is 26.4 Å². The molecule has 6 nitrogen and oxygen atoms in total. The molecule has 0 radical (unpaired) electrons. The summed E-state index contributed by atoms with van der Waals surface area (Å²) in [6.45, 7) is 11.4. The Morgan fingerprint density at radius 1 is 0.971 bits per heavy atom. The summed E-state index contributed by atoms with van der Waals surface area (Å²) in [5, 5.41) is 0. The fourth-order valence-corrected chi connectivity index (χ4v) is 4.71. The van der Waals surface area contributed by atoms with Gasteiger partial charge in [0, 0.05) is 45.7 Å². The summed E-state index contributed by atoms with van der Waals surface area (Å²) in [4.78, 5) is 6.75.